The third-order valence-corrected chi connectivity index (χ3v) is 2.29. The first-order valence-corrected chi connectivity index (χ1v) is 5.64. The second-order valence-corrected chi connectivity index (χ2v) is 3.87. The van der Waals surface area contributed by atoms with Gasteiger partial charge in [-0.15, -0.1) is 0 Å². The maximum Gasteiger partial charge on any atom is 0.263 e. The highest BCUT2D eigenvalue weighted by molar-refractivity contribution is 5.90. The molecule has 2 aromatic rings. The molecule has 1 aromatic carbocycles. The summed E-state index contributed by atoms with van der Waals surface area (Å²) in [4.78, 5) is 15.7. The number of rotatable bonds is 4. The van der Waals surface area contributed by atoms with Gasteiger partial charge >= 0.3 is 0 Å². The molecule has 0 saturated heterocycles. The first-order valence-electron chi connectivity index (χ1n) is 5.64. The topological polar surface area (TPSA) is 51.2 Å². The van der Waals surface area contributed by atoms with E-state index in [1.165, 1.54) is 0 Å². The molecule has 92 valence electrons. The number of aromatic nitrogens is 1. The number of nitrogens with zero attached hydrogens (tertiary/aromatic N) is 1. The van der Waals surface area contributed by atoms with E-state index in [2.05, 4.69) is 10.3 Å². The maximum absolute atomic E-state index is 11.6. The molecule has 1 N–H and O–H groups in total. The predicted molar refractivity (Wildman–Crippen MR) is 69.5 cm³/mol. The molecule has 4 heteroatoms. The summed E-state index contributed by atoms with van der Waals surface area (Å²) in [5, 5.41) is 2.66. The van der Waals surface area contributed by atoms with Gasteiger partial charge in [0.25, 0.3) is 5.91 Å². The summed E-state index contributed by atoms with van der Waals surface area (Å²) in [7, 11) is 0. The summed E-state index contributed by atoms with van der Waals surface area (Å²) in [5.41, 5.74) is 1.05. The summed E-state index contributed by atoms with van der Waals surface area (Å²) in [6, 6.07) is 12.9. The molecule has 0 saturated carbocycles. The Kier molecular flexibility index (Phi) is 3.91. The summed E-state index contributed by atoms with van der Waals surface area (Å²) in [6.07, 6.45) is 1.70. The largest absolute Gasteiger partial charge is 0.484 e. The van der Waals surface area contributed by atoms with E-state index in [-0.39, 0.29) is 12.5 Å². The highest BCUT2D eigenvalue weighted by Crippen LogP contribution is 2.08. The zero-order valence-electron chi connectivity index (χ0n) is 10.1. The van der Waals surface area contributed by atoms with Crippen molar-refractivity contribution in [1.29, 1.82) is 0 Å². The molecular weight excluding hydrogens is 228 g/mol. The van der Waals surface area contributed by atoms with Crippen molar-refractivity contribution in [1.82, 2.24) is 4.98 Å². The molecule has 0 unspecified atom stereocenters. The molecule has 0 aliphatic rings. The molecular formula is C14H14N2O2. The van der Waals surface area contributed by atoms with Crippen molar-refractivity contribution in [3.8, 4) is 5.75 Å². The third-order valence-electron chi connectivity index (χ3n) is 2.29. The summed E-state index contributed by atoms with van der Waals surface area (Å²) in [6.45, 7) is 1.91. The van der Waals surface area contributed by atoms with Gasteiger partial charge in [-0.2, -0.15) is 0 Å². The van der Waals surface area contributed by atoms with E-state index in [1.807, 2.05) is 31.2 Å². The van der Waals surface area contributed by atoms with Crippen LogP contribution in [0.25, 0.3) is 0 Å². The van der Waals surface area contributed by atoms with Gasteiger partial charge in [0.1, 0.15) is 11.6 Å². The average molecular weight is 242 g/mol. The molecule has 2 rings (SSSR count). The van der Waals surface area contributed by atoms with E-state index in [0.29, 0.717) is 11.6 Å². The van der Waals surface area contributed by atoms with Crippen LogP contribution in [0.2, 0.25) is 0 Å². The number of carbonyl (C=O) groups is 1. The van der Waals surface area contributed by atoms with Gasteiger partial charge in [-0.1, -0.05) is 24.3 Å². The summed E-state index contributed by atoms with van der Waals surface area (Å²) in [5.74, 6) is 0.974. The predicted octanol–water partition coefficient (Wildman–Crippen LogP) is 2.41. The Bertz CT molecular complexity index is 509. The van der Waals surface area contributed by atoms with Crippen LogP contribution in [0.5, 0.6) is 5.75 Å². The Morgan fingerprint density at radius 3 is 2.67 bits per heavy atom. The molecule has 0 fully saturated rings. The molecule has 1 heterocycles. The van der Waals surface area contributed by atoms with Crippen LogP contribution in [0.15, 0.2) is 48.7 Å². The van der Waals surface area contributed by atoms with E-state index < -0.39 is 0 Å². The Balaban J connectivity index is 1.84. The number of pyridine rings is 1. The van der Waals surface area contributed by atoms with Crippen LogP contribution in [-0.4, -0.2) is 17.5 Å². The van der Waals surface area contributed by atoms with Crippen molar-refractivity contribution < 1.29 is 9.53 Å². The lowest BCUT2D eigenvalue weighted by Gasteiger charge is -2.06. The molecule has 4 nitrogen and oxygen atoms in total. The maximum atomic E-state index is 11.6. The quantitative estimate of drug-likeness (QED) is 0.895. The van der Waals surface area contributed by atoms with Crippen LogP contribution in [0, 0.1) is 6.92 Å². The molecule has 1 aromatic heterocycles. The molecule has 1 amide bonds. The summed E-state index contributed by atoms with van der Waals surface area (Å²) < 4.78 is 5.32. The molecule has 0 atom stereocenters. The SMILES string of the molecule is Cc1ccc(NC(=O)COc2ccccc2)nc1. The number of anilines is 1. The van der Waals surface area contributed by atoms with Crippen LogP contribution in [0.4, 0.5) is 5.82 Å². The minimum absolute atomic E-state index is 0.0282. The van der Waals surface area contributed by atoms with Crippen LogP contribution in [0.3, 0.4) is 0 Å². The minimum Gasteiger partial charge on any atom is -0.484 e. The second-order valence-electron chi connectivity index (χ2n) is 3.87. The Morgan fingerprint density at radius 2 is 2.00 bits per heavy atom. The highest BCUT2D eigenvalue weighted by Gasteiger charge is 2.03. The molecule has 0 aliphatic carbocycles. The Hall–Kier alpha value is -2.36. The van der Waals surface area contributed by atoms with Crippen molar-refractivity contribution >= 4 is 11.7 Å². The van der Waals surface area contributed by atoms with Gasteiger partial charge in [-0.05, 0) is 30.7 Å². The number of hydrogen-bond donors (Lipinski definition) is 1. The number of aryl methyl sites for hydroxylation is 1. The normalized spacial score (nSPS) is 9.83. The van der Waals surface area contributed by atoms with Crippen molar-refractivity contribution in [2.24, 2.45) is 0 Å². The van der Waals surface area contributed by atoms with Gasteiger partial charge in [0.05, 0.1) is 0 Å². The van der Waals surface area contributed by atoms with Gasteiger partial charge in [0.2, 0.25) is 0 Å². The second kappa shape index (κ2) is 5.82. The van der Waals surface area contributed by atoms with Gasteiger partial charge in [-0.3, -0.25) is 4.79 Å². The van der Waals surface area contributed by atoms with Crippen molar-refractivity contribution in [3.63, 3.8) is 0 Å². The third kappa shape index (κ3) is 3.59. The smallest absolute Gasteiger partial charge is 0.263 e. The Labute approximate surface area is 106 Å². The van der Waals surface area contributed by atoms with Gasteiger partial charge in [0, 0.05) is 6.20 Å². The molecule has 18 heavy (non-hydrogen) atoms. The number of amides is 1. The van der Waals surface area contributed by atoms with E-state index in [9.17, 15) is 4.79 Å². The summed E-state index contributed by atoms with van der Waals surface area (Å²) >= 11 is 0. The van der Waals surface area contributed by atoms with Crippen LogP contribution in [-0.2, 0) is 4.79 Å². The molecule has 0 radical (unpaired) electrons. The first kappa shape index (κ1) is 12.1. The molecule has 0 bridgehead atoms. The van der Waals surface area contributed by atoms with E-state index in [4.69, 9.17) is 4.74 Å². The lowest BCUT2D eigenvalue weighted by molar-refractivity contribution is -0.118. The van der Waals surface area contributed by atoms with E-state index >= 15 is 0 Å². The fourth-order valence-corrected chi connectivity index (χ4v) is 1.39. The fourth-order valence-electron chi connectivity index (χ4n) is 1.39. The number of nitrogens with one attached hydrogen (secondary N) is 1. The fraction of sp³-hybridized carbons (Fsp3) is 0.143. The molecule has 0 spiro atoms. The average Bonchev–Trinajstić information content (AvgIpc) is 2.40. The van der Waals surface area contributed by atoms with E-state index in [0.717, 1.165) is 5.56 Å². The van der Waals surface area contributed by atoms with Crippen LogP contribution >= 0.6 is 0 Å². The number of hydrogen-bond acceptors (Lipinski definition) is 3. The van der Waals surface area contributed by atoms with Crippen molar-refractivity contribution in [2.75, 3.05) is 11.9 Å². The van der Waals surface area contributed by atoms with Gasteiger partial charge in [0.15, 0.2) is 6.61 Å². The van der Waals surface area contributed by atoms with Crippen molar-refractivity contribution in [3.05, 3.63) is 54.2 Å². The van der Waals surface area contributed by atoms with E-state index in [1.54, 1.807) is 24.4 Å². The number of carbonyl (C=O) groups excluding carboxylic acids is 1. The zero-order chi connectivity index (χ0) is 12.8. The Morgan fingerprint density at radius 1 is 1.22 bits per heavy atom. The van der Waals surface area contributed by atoms with Gasteiger partial charge in [-0.25, -0.2) is 4.98 Å². The number of ether oxygens (including phenoxy) is 1. The van der Waals surface area contributed by atoms with Crippen LogP contribution < -0.4 is 10.1 Å². The van der Waals surface area contributed by atoms with Crippen LogP contribution in [0.1, 0.15) is 5.56 Å². The number of para-hydroxylation sites is 1. The lowest BCUT2D eigenvalue weighted by atomic mass is 10.3. The number of benzene rings is 1. The monoisotopic (exact) mass is 242 g/mol. The standard InChI is InChI=1S/C14H14N2O2/c1-11-7-8-13(15-9-11)16-14(17)10-18-12-5-3-2-4-6-12/h2-9H,10H2,1H3,(H,15,16,17). The highest BCUT2D eigenvalue weighted by atomic mass is 16.5. The zero-order valence-corrected chi connectivity index (χ0v) is 10.1. The first-order chi connectivity index (χ1) is 8.74. The minimum atomic E-state index is -0.227. The van der Waals surface area contributed by atoms with Gasteiger partial charge < -0.3 is 10.1 Å². The lowest BCUT2D eigenvalue weighted by Crippen LogP contribution is -2.20. The molecule has 0 aliphatic heterocycles. The van der Waals surface area contributed by atoms with Crippen molar-refractivity contribution in [2.45, 2.75) is 6.92 Å².